The van der Waals surface area contributed by atoms with Gasteiger partial charge >= 0.3 is 0 Å². The van der Waals surface area contributed by atoms with Crippen LogP contribution in [-0.4, -0.2) is 14.5 Å². The number of fused-ring (bicyclic) bond motifs is 1. The Hall–Kier alpha value is -2.20. The highest BCUT2D eigenvalue weighted by Gasteiger charge is 2.13. The molecule has 4 nitrogen and oxygen atoms in total. The SMILES string of the molecule is Cn1c(CC(N)c2ccccc2)nc2cccnc21. The number of hydrogen-bond donors (Lipinski definition) is 1. The lowest BCUT2D eigenvalue weighted by Gasteiger charge is -2.11. The number of pyridine rings is 1. The maximum atomic E-state index is 6.24. The first kappa shape index (κ1) is 11.9. The van der Waals surface area contributed by atoms with Gasteiger partial charge in [-0.1, -0.05) is 30.3 Å². The molecule has 0 aliphatic rings. The molecule has 2 aromatic heterocycles. The molecule has 3 aromatic rings. The summed E-state index contributed by atoms with van der Waals surface area (Å²) in [5.41, 5.74) is 9.19. The summed E-state index contributed by atoms with van der Waals surface area (Å²) in [4.78, 5) is 8.94. The van der Waals surface area contributed by atoms with Crippen molar-refractivity contribution < 1.29 is 0 Å². The predicted octanol–water partition coefficient (Wildman–Crippen LogP) is 2.21. The van der Waals surface area contributed by atoms with E-state index in [1.54, 1.807) is 6.20 Å². The van der Waals surface area contributed by atoms with Gasteiger partial charge in [0.25, 0.3) is 0 Å². The zero-order valence-corrected chi connectivity index (χ0v) is 10.8. The lowest BCUT2D eigenvalue weighted by Crippen LogP contribution is -2.15. The van der Waals surface area contributed by atoms with Gasteiger partial charge in [-0.3, -0.25) is 0 Å². The van der Waals surface area contributed by atoms with Gasteiger partial charge < -0.3 is 10.3 Å². The molecule has 0 bridgehead atoms. The van der Waals surface area contributed by atoms with Gasteiger partial charge in [0.2, 0.25) is 0 Å². The monoisotopic (exact) mass is 252 g/mol. The number of nitrogens with two attached hydrogens (primary N) is 1. The van der Waals surface area contributed by atoms with Crippen LogP contribution in [0.25, 0.3) is 11.2 Å². The summed E-state index contributed by atoms with van der Waals surface area (Å²) in [5, 5.41) is 0. The van der Waals surface area contributed by atoms with Crippen LogP contribution in [0.15, 0.2) is 48.7 Å². The Morgan fingerprint density at radius 1 is 1.16 bits per heavy atom. The van der Waals surface area contributed by atoms with Crippen LogP contribution >= 0.6 is 0 Å². The van der Waals surface area contributed by atoms with E-state index < -0.39 is 0 Å². The van der Waals surface area contributed by atoms with Gasteiger partial charge in [0.15, 0.2) is 5.65 Å². The summed E-state index contributed by atoms with van der Waals surface area (Å²) in [6.45, 7) is 0. The molecule has 0 saturated carbocycles. The molecule has 1 aromatic carbocycles. The quantitative estimate of drug-likeness (QED) is 0.777. The van der Waals surface area contributed by atoms with Crippen molar-refractivity contribution in [2.24, 2.45) is 12.8 Å². The first-order valence-electron chi connectivity index (χ1n) is 6.32. The van der Waals surface area contributed by atoms with Crippen molar-refractivity contribution in [1.29, 1.82) is 0 Å². The second-order valence-corrected chi connectivity index (χ2v) is 4.65. The standard InChI is InChI=1S/C15H16N4/c1-19-14(18-13-8-5-9-17-15(13)19)10-12(16)11-6-3-2-4-7-11/h2-9,12H,10,16H2,1H3. The van der Waals surface area contributed by atoms with Gasteiger partial charge in [-0.25, -0.2) is 9.97 Å². The summed E-state index contributed by atoms with van der Waals surface area (Å²) in [5.74, 6) is 0.963. The molecule has 0 aliphatic heterocycles. The molecule has 2 N–H and O–H groups in total. The smallest absolute Gasteiger partial charge is 0.159 e. The summed E-state index contributed by atoms with van der Waals surface area (Å²) < 4.78 is 2.01. The Morgan fingerprint density at radius 3 is 2.68 bits per heavy atom. The average Bonchev–Trinajstić information content (AvgIpc) is 2.77. The topological polar surface area (TPSA) is 56.7 Å². The number of benzene rings is 1. The summed E-state index contributed by atoms with van der Waals surface area (Å²) in [6, 6.07) is 13.9. The fourth-order valence-corrected chi connectivity index (χ4v) is 2.27. The third-order valence-corrected chi connectivity index (χ3v) is 3.35. The van der Waals surface area contributed by atoms with Crippen LogP contribution in [0, 0.1) is 0 Å². The van der Waals surface area contributed by atoms with E-state index in [0.717, 1.165) is 22.6 Å². The van der Waals surface area contributed by atoms with Crippen molar-refractivity contribution >= 4 is 11.2 Å². The van der Waals surface area contributed by atoms with Crippen LogP contribution in [0.5, 0.6) is 0 Å². The van der Waals surface area contributed by atoms with Crippen molar-refractivity contribution in [2.45, 2.75) is 12.5 Å². The average molecular weight is 252 g/mol. The predicted molar refractivity (Wildman–Crippen MR) is 75.6 cm³/mol. The molecular weight excluding hydrogens is 236 g/mol. The van der Waals surface area contributed by atoms with Crippen LogP contribution < -0.4 is 5.73 Å². The second kappa shape index (κ2) is 4.82. The number of hydrogen-bond acceptors (Lipinski definition) is 3. The second-order valence-electron chi connectivity index (χ2n) is 4.65. The van der Waals surface area contributed by atoms with Crippen molar-refractivity contribution in [3.63, 3.8) is 0 Å². The molecule has 0 spiro atoms. The minimum atomic E-state index is -0.0447. The van der Waals surface area contributed by atoms with Gasteiger partial charge in [-0.15, -0.1) is 0 Å². The molecule has 0 aliphatic carbocycles. The van der Waals surface area contributed by atoms with E-state index in [1.165, 1.54) is 0 Å². The fraction of sp³-hybridized carbons (Fsp3) is 0.200. The van der Waals surface area contributed by atoms with Crippen molar-refractivity contribution in [3.8, 4) is 0 Å². The third-order valence-electron chi connectivity index (χ3n) is 3.35. The van der Waals surface area contributed by atoms with E-state index in [4.69, 9.17) is 5.73 Å². The highest BCUT2D eigenvalue weighted by Crippen LogP contribution is 2.18. The number of nitrogens with zero attached hydrogens (tertiary/aromatic N) is 3. The number of imidazole rings is 1. The maximum Gasteiger partial charge on any atom is 0.159 e. The molecule has 0 fully saturated rings. The van der Waals surface area contributed by atoms with E-state index in [9.17, 15) is 0 Å². The third kappa shape index (κ3) is 2.22. The van der Waals surface area contributed by atoms with Crippen LogP contribution in [0.4, 0.5) is 0 Å². The molecule has 2 heterocycles. The minimum absolute atomic E-state index is 0.0447. The molecule has 0 saturated heterocycles. The van der Waals surface area contributed by atoms with Gasteiger partial charge in [-0.05, 0) is 17.7 Å². The first-order valence-corrected chi connectivity index (χ1v) is 6.32. The highest BCUT2D eigenvalue weighted by atomic mass is 15.1. The largest absolute Gasteiger partial charge is 0.324 e. The van der Waals surface area contributed by atoms with E-state index in [1.807, 2.05) is 54.1 Å². The molecule has 96 valence electrons. The summed E-state index contributed by atoms with van der Waals surface area (Å²) in [7, 11) is 1.98. The number of aryl methyl sites for hydroxylation is 1. The lowest BCUT2D eigenvalue weighted by atomic mass is 10.0. The van der Waals surface area contributed by atoms with Crippen molar-refractivity contribution in [2.75, 3.05) is 0 Å². The van der Waals surface area contributed by atoms with E-state index in [2.05, 4.69) is 9.97 Å². The maximum absolute atomic E-state index is 6.24. The molecule has 1 unspecified atom stereocenters. The van der Waals surface area contributed by atoms with Gasteiger partial charge in [-0.2, -0.15) is 0 Å². The Morgan fingerprint density at radius 2 is 1.95 bits per heavy atom. The number of aromatic nitrogens is 3. The Labute approximate surface area is 111 Å². The van der Waals surface area contributed by atoms with Crippen LogP contribution in [0.2, 0.25) is 0 Å². The van der Waals surface area contributed by atoms with Gasteiger partial charge in [0, 0.05) is 25.7 Å². The first-order chi connectivity index (χ1) is 9.25. The highest BCUT2D eigenvalue weighted by molar-refractivity contribution is 5.70. The molecule has 1 atom stereocenters. The van der Waals surface area contributed by atoms with Crippen LogP contribution in [0.1, 0.15) is 17.4 Å². The zero-order chi connectivity index (χ0) is 13.2. The molecule has 0 radical (unpaired) electrons. The Bertz CT molecular complexity index is 688. The molecule has 3 rings (SSSR count). The van der Waals surface area contributed by atoms with E-state index in [-0.39, 0.29) is 6.04 Å². The molecular formula is C15H16N4. The minimum Gasteiger partial charge on any atom is -0.324 e. The van der Waals surface area contributed by atoms with Crippen LogP contribution in [0.3, 0.4) is 0 Å². The fourth-order valence-electron chi connectivity index (χ4n) is 2.27. The molecule has 0 amide bonds. The zero-order valence-electron chi connectivity index (χ0n) is 10.8. The van der Waals surface area contributed by atoms with Gasteiger partial charge in [0.05, 0.1) is 0 Å². The van der Waals surface area contributed by atoms with E-state index in [0.29, 0.717) is 6.42 Å². The van der Waals surface area contributed by atoms with Crippen molar-refractivity contribution in [1.82, 2.24) is 14.5 Å². The molecule has 4 heteroatoms. The summed E-state index contributed by atoms with van der Waals surface area (Å²) >= 11 is 0. The lowest BCUT2D eigenvalue weighted by molar-refractivity contribution is 0.664. The molecule has 19 heavy (non-hydrogen) atoms. The van der Waals surface area contributed by atoms with E-state index >= 15 is 0 Å². The normalized spacial score (nSPS) is 12.7. The Kier molecular flexibility index (Phi) is 3.01. The van der Waals surface area contributed by atoms with Gasteiger partial charge in [0.1, 0.15) is 11.3 Å². The number of rotatable bonds is 3. The van der Waals surface area contributed by atoms with Crippen LogP contribution in [-0.2, 0) is 13.5 Å². The van der Waals surface area contributed by atoms with Crippen molar-refractivity contribution in [3.05, 3.63) is 60.0 Å². The summed E-state index contributed by atoms with van der Waals surface area (Å²) in [6.07, 6.45) is 2.49. The Balaban J connectivity index is 1.91.